The summed E-state index contributed by atoms with van der Waals surface area (Å²) in [5.41, 5.74) is 1.55. The number of carbonyl (C=O) groups excluding carboxylic acids is 2. The minimum absolute atomic E-state index is 0.0950. The Kier molecular flexibility index (Phi) is 2.86. The van der Waals surface area contributed by atoms with Crippen molar-refractivity contribution in [3.05, 3.63) is 45.0 Å². The second-order valence-electron chi connectivity index (χ2n) is 3.82. The number of amides is 2. The molecule has 0 aromatic heterocycles. The Morgan fingerprint density at radius 3 is 2.59 bits per heavy atom. The van der Waals surface area contributed by atoms with Crippen molar-refractivity contribution in [1.29, 1.82) is 0 Å². The van der Waals surface area contributed by atoms with Crippen molar-refractivity contribution in [2.75, 3.05) is 6.54 Å². The highest BCUT2D eigenvalue weighted by Crippen LogP contribution is 2.18. The van der Waals surface area contributed by atoms with Crippen LogP contribution in [0.4, 0.5) is 0 Å². The largest absolute Gasteiger partial charge is 0.288 e. The number of imide groups is 1. The van der Waals surface area contributed by atoms with Crippen LogP contribution < -0.4 is 5.32 Å². The monoisotopic (exact) mass is 234 g/mol. The van der Waals surface area contributed by atoms with Gasteiger partial charge < -0.3 is 0 Å². The van der Waals surface area contributed by atoms with E-state index in [1.807, 2.05) is 0 Å². The predicted octanol–water partition coefficient (Wildman–Crippen LogP) is 0.780. The molecule has 6 heteroatoms. The van der Waals surface area contributed by atoms with Crippen molar-refractivity contribution in [2.45, 2.75) is 12.8 Å². The Morgan fingerprint density at radius 1 is 1.18 bits per heavy atom. The molecule has 0 atom stereocenters. The zero-order valence-electron chi connectivity index (χ0n) is 8.93. The van der Waals surface area contributed by atoms with E-state index in [1.54, 1.807) is 18.2 Å². The maximum Gasteiger partial charge on any atom is 0.258 e. The molecule has 1 aliphatic heterocycles. The summed E-state index contributed by atoms with van der Waals surface area (Å²) in [5.74, 6) is -0.789. The van der Waals surface area contributed by atoms with Crippen LogP contribution in [0.25, 0.3) is 0 Å². The highest BCUT2D eigenvalue weighted by atomic mass is 16.6. The Morgan fingerprint density at radius 2 is 1.88 bits per heavy atom. The number of rotatable bonds is 4. The molecule has 0 unspecified atom stereocenters. The van der Waals surface area contributed by atoms with E-state index in [0.717, 1.165) is 5.56 Å². The number of hydrogen-bond donors (Lipinski definition) is 1. The molecular weight excluding hydrogens is 224 g/mol. The van der Waals surface area contributed by atoms with Gasteiger partial charge in [0, 0.05) is 11.3 Å². The maximum absolute atomic E-state index is 11.4. The molecule has 0 bridgehead atoms. The normalized spacial score (nSPS) is 13.4. The molecule has 6 nitrogen and oxygen atoms in total. The second-order valence-corrected chi connectivity index (χ2v) is 3.82. The van der Waals surface area contributed by atoms with Gasteiger partial charge in [0.1, 0.15) is 0 Å². The third-order valence-electron chi connectivity index (χ3n) is 2.61. The molecule has 1 N–H and O–H groups in total. The molecule has 0 aliphatic carbocycles. The number of fused-ring (bicyclic) bond motifs is 1. The zero-order valence-corrected chi connectivity index (χ0v) is 8.93. The van der Waals surface area contributed by atoms with Gasteiger partial charge in [0.2, 0.25) is 6.54 Å². The van der Waals surface area contributed by atoms with Crippen LogP contribution in [0.15, 0.2) is 18.2 Å². The summed E-state index contributed by atoms with van der Waals surface area (Å²) >= 11 is 0. The van der Waals surface area contributed by atoms with Gasteiger partial charge in [0.05, 0.1) is 11.1 Å². The summed E-state index contributed by atoms with van der Waals surface area (Å²) in [5, 5.41) is 12.4. The number of nitrogens with zero attached hydrogens (tertiary/aromatic N) is 1. The van der Waals surface area contributed by atoms with Crippen molar-refractivity contribution in [3.63, 3.8) is 0 Å². The van der Waals surface area contributed by atoms with Crippen molar-refractivity contribution >= 4 is 11.8 Å². The molecule has 1 aromatic rings. The Balaban J connectivity index is 2.12. The molecule has 2 amide bonds. The zero-order chi connectivity index (χ0) is 12.4. The van der Waals surface area contributed by atoms with Gasteiger partial charge in [0.15, 0.2) is 0 Å². The van der Waals surface area contributed by atoms with Gasteiger partial charge in [-0.05, 0) is 24.1 Å². The minimum atomic E-state index is -0.402. The van der Waals surface area contributed by atoms with Gasteiger partial charge in [-0.1, -0.05) is 6.07 Å². The van der Waals surface area contributed by atoms with E-state index in [1.165, 1.54) is 0 Å². The molecule has 2 rings (SSSR count). The predicted molar refractivity (Wildman–Crippen MR) is 58.4 cm³/mol. The molecule has 17 heavy (non-hydrogen) atoms. The molecule has 0 saturated carbocycles. The van der Waals surface area contributed by atoms with Gasteiger partial charge in [-0.3, -0.25) is 25.0 Å². The Labute approximate surface area is 96.8 Å². The maximum atomic E-state index is 11.4. The first kappa shape index (κ1) is 11.3. The van der Waals surface area contributed by atoms with Crippen molar-refractivity contribution in [3.8, 4) is 0 Å². The second kappa shape index (κ2) is 4.32. The first-order valence-corrected chi connectivity index (χ1v) is 5.18. The smallest absolute Gasteiger partial charge is 0.258 e. The van der Waals surface area contributed by atoms with Crippen LogP contribution in [0, 0.1) is 10.1 Å². The van der Waals surface area contributed by atoms with Gasteiger partial charge in [0.25, 0.3) is 11.8 Å². The average Bonchev–Trinajstić information content (AvgIpc) is 2.54. The number of hydrogen-bond acceptors (Lipinski definition) is 4. The summed E-state index contributed by atoms with van der Waals surface area (Å²) in [7, 11) is 0. The molecule has 1 aromatic carbocycles. The van der Waals surface area contributed by atoms with E-state index in [4.69, 9.17) is 0 Å². The van der Waals surface area contributed by atoms with E-state index in [0.29, 0.717) is 24.0 Å². The lowest BCUT2D eigenvalue weighted by Crippen LogP contribution is -2.19. The van der Waals surface area contributed by atoms with Crippen LogP contribution in [-0.4, -0.2) is 23.3 Å². The van der Waals surface area contributed by atoms with Crippen molar-refractivity contribution < 1.29 is 14.5 Å². The lowest BCUT2D eigenvalue weighted by atomic mass is 10.0. The molecule has 0 spiro atoms. The fourth-order valence-corrected chi connectivity index (χ4v) is 1.78. The lowest BCUT2D eigenvalue weighted by molar-refractivity contribution is -0.480. The van der Waals surface area contributed by atoms with Crippen LogP contribution in [0.1, 0.15) is 32.7 Å². The lowest BCUT2D eigenvalue weighted by Gasteiger charge is -2.00. The number of nitrogens with one attached hydrogen (secondary N) is 1. The highest BCUT2D eigenvalue weighted by Gasteiger charge is 2.26. The van der Waals surface area contributed by atoms with Gasteiger partial charge >= 0.3 is 0 Å². The summed E-state index contributed by atoms with van der Waals surface area (Å²) < 4.78 is 0. The third-order valence-corrected chi connectivity index (χ3v) is 2.61. The Bertz CT molecular complexity index is 510. The quantitative estimate of drug-likeness (QED) is 0.473. The van der Waals surface area contributed by atoms with Crippen molar-refractivity contribution in [1.82, 2.24) is 5.32 Å². The topological polar surface area (TPSA) is 89.3 Å². The van der Waals surface area contributed by atoms with Crippen LogP contribution in [0.2, 0.25) is 0 Å². The molecule has 1 heterocycles. The van der Waals surface area contributed by atoms with E-state index in [9.17, 15) is 19.7 Å². The fraction of sp³-hybridized carbons (Fsp3) is 0.273. The van der Waals surface area contributed by atoms with E-state index < -0.39 is 5.91 Å². The summed E-state index contributed by atoms with van der Waals surface area (Å²) in [4.78, 5) is 32.4. The SMILES string of the molecule is O=C1NC(=O)c2cc(CCC[N+](=O)[O-])ccc21. The summed E-state index contributed by atoms with van der Waals surface area (Å²) in [6, 6.07) is 4.92. The van der Waals surface area contributed by atoms with Gasteiger partial charge in [-0.2, -0.15) is 0 Å². The molecular formula is C11H10N2O4. The third kappa shape index (κ3) is 2.30. The van der Waals surface area contributed by atoms with E-state index >= 15 is 0 Å². The van der Waals surface area contributed by atoms with E-state index in [2.05, 4.69) is 5.32 Å². The molecule has 0 fully saturated rings. The minimum Gasteiger partial charge on any atom is -0.288 e. The average molecular weight is 234 g/mol. The number of aryl methyl sites for hydroxylation is 1. The molecule has 88 valence electrons. The van der Waals surface area contributed by atoms with E-state index in [-0.39, 0.29) is 17.4 Å². The number of nitro groups is 1. The number of benzene rings is 1. The van der Waals surface area contributed by atoms with Crippen LogP contribution >= 0.6 is 0 Å². The van der Waals surface area contributed by atoms with Crippen LogP contribution in [-0.2, 0) is 6.42 Å². The molecule has 0 saturated heterocycles. The standard InChI is InChI=1S/C11H10N2O4/c14-10-8-4-3-7(2-1-5-13(16)17)6-9(8)11(15)12-10/h3-4,6H,1-2,5H2,(H,12,14,15). The first-order chi connectivity index (χ1) is 8.08. The summed E-state index contributed by atoms with van der Waals surface area (Å²) in [6.07, 6.45) is 0.942. The van der Waals surface area contributed by atoms with Crippen LogP contribution in [0.3, 0.4) is 0 Å². The number of carbonyl (C=O) groups is 2. The highest BCUT2D eigenvalue weighted by molar-refractivity contribution is 6.21. The van der Waals surface area contributed by atoms with Crippen LogP contribution in [0.5, 0.6) is 0 Å². The molecule has 1 aliphatic rings. The summed E-state index contributed by atoms with van der Waals surface area (Å²) in [6.45, 7) is -0.0950. The van der Waals surface area contributed by atoms with Crippen molar-refractivity contribution in [2.24, 2.45) is 0 Å². The molecule has 0 radical (unpaired) electrons. The fourth-order valence-electron chi connectivity index (χ4n) is 1.78. The van der Waals surface area contributed by atoms with Gasteiger partial charge in [-0.15, -0.1) is 0 Å². The first-order valence-electron chi connectivity index (χ1n) is 5.18. The Hall–Kier alpha value is -2.24. The van der Waals surface area contributed by atoms with Gasteiger partial charge in [-0.25, -0.2) is 0 Å².